The van der Waals surface area contributed by atoms with Crippen molar-refractivity contribution in [2.24, 2.45) is 23.7 Å². The summed E-state index contributed by atoms with van der Waals surface area (Å²) in [4.78, 5) is 27.2. The molecule has 2 aliphatic carbocycles. The van der Waals surface area contributed by atoms with Crippen LogP contribution in [-0.2, 0) is 4.79 Å². The van der Waals surface area contributed by atoms with Crippen LogP contribution in [0.15, 0.2) is 15.3 Å². The van der Waals surface area contributed by atoms with Crippen molar-refractivity contribution in [1.29, 1.82) is 0 Å². The third kappa shape index (κ3) is 8.95. The van der Waals surface area contributed by atoms with E-state index in [1.165, 1.54) is 64.2 Å². The molecule has 1 aromatic rings. The number of esters is 1. The van der Waals surface area contributed by atoms with Gasteiger partial charge in [0.1, 0.15) is 11.5 Å². The molecule has 0 spiro atoms. The van der Waals surface area contributed by atoms with Gasteiger partial charge in [-0.05, 0) is 48.9 Å². The van der Waals surface area contributed by atoms with Gasteiger partial charge in [-0.2, -0.15) is 0 Å². The summed E-state index contributed by atoms with van der Waals surface area (Å²) in [6, 6.07) is 1.95. The third-order valence-electron chi connectivity index (χ3n) is 10.3. The Balaban J connectivity index is 1.93. The van der Waals surface area contributed by atoms with E-state index in [0.29, 0.717) is 41.4 Å². The van der Waals surface area contributed by atoms with E-state index in [0.717, 1.165) is 50.7 Å². The van der Waals surface area contributed by atoms with Gasteiger partial charge in [0.15, 0.2) is 0 Å². The molecule has 1 heterocycles. The molecule has 4 atom stereocenters. The Labute approximate surface area is 239 Å². The van der Waals surface area contributed by atoms with Crippen LogP contribution in [0.25, 0.3) is 0 Å². The smallest absolute Gasteiger partial charge is 0.343 e. The lowest BCUT2D eigenvalue weighted by Crippen LogP contribution is -2.26. The second-order valence-corrected chi connectivity index (χ2v) is 12.8. The van der Waals surface area contributed by atoms with Gasteiger partial charge < -0.3 is 9.15 Å². The van der Waals surface area contributed by atoms with Crippen molar-refractivity contribution in [3.63, 3.8) is 0 Å². The summed E-state index contributed by atoms with van der Waals surface area (Å²) in [5.41, 5.74) is 0.325. The van der Waals surface area contributed by atoms with Crippen LogP contribution in [0, 0.1) is 23.7 Å². The van der Waals surface area contributed by atoms with Gasteiger partial charge >= 0.3 is 11.6 Å². The largest absolute Gasteiger partial charge is 0.427 e. The van der Waals surface area contributed by atoms with Gasteiger partial charge in [-0.25, -0.2) is 4.79 Å². The maximum absolute atomic E-state index is 13.7. The van der Waals surface area contributed by atoms with Gasteiger partial charge in [-0.3, -0.25) is 4.79 Å². The van der Waals surface area contributed by atoms with E-state index in [9.17, 15) is 9.59 Å². The zero-order chi connectivity index (χ0) is 28.2. The molecule has 0 bridgehead atoms. The van der Waals surface area contributed by atoms with E-state index >= 15 is 0 Å². The number of carbonyl (C=O) groups excluding carboxylic acids is 1. The number of hydrogen-bond donors (Lipinski definition) is 0. The molecule has 0 radical (unpaired) electrons. The molecule has 39 heavy (non-hydrogen) atoms. The summed E-state index contributed by atoms with van der Waals surface area (Å²) in [5, 5.41) is 0. The van der Waals surface area contributed by atoms with Gasteiger partial charge in [0, 0.05) is 18.4 Å². The van der Waals surface area contributed by atoms with Gasteiger partial charge in [-0.1, -0.05) is 125 Å². The predicted molar refractivity (Wildman–Crippen MR) is 162 cm³/mol. The summed E-state index contributed by atoms with van der Waals surface area (Å²) in [6.07, 6.45) is 20.2. The minimum Gasteiger partial charge on any atom is -0.427 e. The summed E-state index contributed by atoms with van der Waals surface area (Å²) in [6.45, 7) is 10.9. The highest BCUT2D eigenvalue weighted by Crippen LogP contribution is 2.41. The highest BCUT2D eigenvalue weighted by atomic mass is 16.5. The maximum Gasteiger partial charge on any atom is 0.343 e. The number of hydrogen-bond acceptors (Lipinski definition) is 4. The van der Waals surface area contributed by atoms with Crippen LogP contribution in [0.5, 0.6) is 5.75 Å². The Morgan fingerprint density at radius 1 is 0.897 bits per heavy atom. The molecule has 222 valence electrons. The molecule has 0 aromatic carbocycles. The van der Waals surface area contributed by atoms with Gasteiger partial charge in [0.2, 0.25) is 0 Å². The molecule has 1 aromatic heterocycles. The number of rotatable bonds is 15. The Bertz CT molecular complexity index is 906. The summed E-state index contributed by atoms with van der Waals surface area (Å²) in [7, 11) is 0. The summed E-state index contributed by atoms with van der Waals surface area (Å²) >= 11 is 0. The van der Waals surface area contributed by atoms with E-state index < -0.39 is 0 Å². The minimum atomic E-state index is -0.280. The Kier molecular flexibility index (Phi) is 13.6. The first-order valence-corrected chi connectivity index (χ1v) is 16.8. The van der Waals surface area contributed by atoms with Crippen LogP contribution in [0.2, 0.25) is 0 Å². The molecule has 4 nitrogen and oxygen atoms in total. The first-order valence-electron chi connectivity index (χ1n) is 16.8. The Morgan fingerprint density at radius 2 is 1.56 bits per heavy atom. The van der Waals surface area contributed by atoms with E-state index in [-0.39, 0.29) is 23.4 Å². The molecule has 4 heteroatoms. The molecule has 0 amide bonds. The topological polar surface area (TPSA) is 56.5 Å². The van der Waals surface area contributed by atoms with Crippen molar-refractivity contribution in [3.05, 3.63) is 27.8 Å². The van der Waals surface area contributed by atoms with Crippen molar-refractivity contribution >= 4 is 5.97 Å². The molecule has 0 N–H and O–H groups in total. The summed E-state index contributed by atoms with van der Waals surface area (Å²) in [5.74, 6) is 3.32. The van der Waals surface area contributed by atoms with Crippen LogP contribution in [0.1, 0.15) is 173 Å². The second kappa shape index (κ2) is 16.6. The standard InChI is InChI=1S/C35H58O4/c1-6-17-26(7-2)30(10-5)34-32(38-33(36)23-27(8-3)29-20-15-12-16-21-29)24-31(39-35(34)37)28(9-4)22-25-18-13-11-14-19-25/h24-30H,6-23H2,1-5H3/t26?,27-,28-,30?/m1/s1. The number of carbonyl (C=O) groups is 1. The van der Waals surface area contributed by atoms with Crippen LogP contribution in [0.3, 0.4) is 0 Å². The fourth-order valence-corrected chi connectivity index (χ4v) is 7.89. The predicted octanol–water partition coefficient (Wildman–Crippen LogP) is 10.3. The van der Waals surface area contributed by atoms with Crippen LogP contribution >= 0.6 is 0 Å². The van der Waals surface area contributed by atoms with E-state index in [2.05, 4.69) is 34.6 Å². The molecular weight excluding hydrogens is 484 g/mol. The fraction of sp³-hybridized carbons (Fsp3) is 0.829. The lowest BCUT2D eigenvalue weighted by molar-refractivity contribution is -0.136. The van der Waals surface area contributed by atoms with Crippen molar-refractivity contribution in [2.45, 2.75) is 162 Å². The van der Waals surface area contributed by atoms with Crippen molar-refractivity contribution in [2.75, 3.05) is 0 Å². The van der Waals surface area contributed by atoms with Gasteiger partial charge in [-0.15, -0.1) is 0 Å². The quantitative estimate of drug-likeness (QED) is 0.207. The van der Waals surface area contributed by atoms with Crippen molar-refractivity contribution in [3.8, 4) is 5.75 Å². The second-order valence-electron chi connectivity index (χ2n) is 12.8. The third-order valence-corrected chi connectivity index (χ3v) is 10.3. The van der Waals surface area contributed by atoms with Gasteiger partial charge in [0.05, 0.1) is 5.56 Å². The minimum absolute atomic E-state index is 0.0433. The molecule has 2 unspecified atom stereocenters. The highest BCUT2D eigenvalue weighted by Gasteiger charge is 2.31. The average Bonchev–Trinajstić information content (AvgIpc) is 2.96. The fourth-order valence-electron chi connectivity index (χ4n) is 7.89. The molecular formula is C35H58O4. The lowest BCUT2D eigenvalue weighted by atomic mass is 9.77. The first-order chi connectivity index (χ1) is 18.9. The molecule has 2 fully saturated rings. The van der Waals surface area contributed by atoms with Gasteiger partial charge in [0.25, 0.3) is 0 Å². The van der Waals surface area contributed by atoms with Crippen molar-refractivity contribution in [1.82, 2.24) is 0 Å². The highest BCUT2D eigenvalue weighted by molar-refractivity contribution is 5.73. The molecule has 0 aliphatic heterocycles. The lowest BCUT2D eigenvalue weighted by Gasteiger charge is -2.29. The normalized spacial score (nSPS) is 20.3. The maximum atomic E-state index is 13.7. The monoisotopic (exact) mass is 542 g/mol. The molecule has 0 saturated heterocycles. The number of ether oxygens (including phenoxy) is 1. The van der Waals surface area contributed by atoms with Crippen LogP contribution in [0.4, 0.5) is 0 Å². The van der Waals surface area contributed by atoms with E-state index in [4.69, 9.17) is 9.15 Å². The molecule has 3 rings (SSSR count). The molecule has 2 saturated carbocycles. The van der Waals surface area contributed by atoms with Crippen LogP contribution in [-0.4, -0.2) is 5.97 Å². The van der Waals surface area contributed by atoms with E-state index in [1.54, 1.807) is 0 Å². The zero-order valence-corrected chi connectivity index (χ0v) is 25.9. The zero-order valence-electron chi connectivity index (χ0n) is 25.9. The SMILES string of the molecule is CCCC(CC)C(CC)c1c(OC(=O)C[C@@H](CC)C2CCCCC2)cc([C@H](CC)CC2CCCCC2)oc1=O. The summed E-state index contributed by atoms with van der Waals surface area (Å²) < 4.78 is 12.4. The Hall–Kier alpha value is -1.58. The molecule has 2 aliphatic rings. The van der Waals surface area contributed by atoms with Crippen LogP contribution < -0.4 is 10.4 Å². The first kappa shape index (κ1) is 31.9. The average molecular weight is 543 g/mol. The van der Waals surface area contributed by atoms with E-state index in [1.807, 2.05) is 6.07 Å². The Morgan fingerprint density at radius 3 is 2.13 bits per heavy atom. The van der Waals surface area contributed by atoms with Crippen molar-refractivity contribution < 1.29 is 13.9 Å².